The third-order valence-corrected chi connectivity index (χ3v) is 3.82. The molecule has 0 aliphatic carbocycles. The molecule has 7 heteroatoms. The van der Waals surface area contributed by atoms with Crippen molar-refractivity contribution in [2.45, 2.75) is 0 Å². The molecule has 2 rings (SSSR count). The van der Waals surface area contributed by atoms with Gasteiger partial charge in [0.1, 0.15) is 0 Å². The molecule has 0 bridgehead atoms. The molecule has 2 heterocycles. The minimum Gasteiger partial charge on any atom is -0.480 e. The number of halogens is 1. The normalized spacial score (nSPS) is 10.2. The Kier molecular flexibility index (Phi) is 3.93. The topological polar surface area (TPSA) is 61.3 Å². The van der Waals surface area contributed by atoms with Crippen molar-refractivity contribution in [3.8, 4) is 11.8 Å². The average Bonchev–Trinajstić information content (AvgIpc) is 2.83. The molecule has 5 nitrogen and oxygen atoms in total. The van der Waals surface area contributed by atoms with E-state index in [1.807, 2.05) is 5.38 Å². The van der Waals surface area contributed by atoms with Gasteiger partial charge in [-0.2, -0.15) is 4.98 Å². The minimum absolute atomic E-state index is 0.156. The first-order chi connectivity index (χ1) is 8.65. The molecule has 0 atom stereocenters. The second kappa shape index (κ2) is 5.45. The van der Waals surface area contributed by atoms with Crippen molar-refractivity contribution < 1.29 is 14.3 Å². The van der Waals surface area contributed by atoms with Gasteiger partial charge in [-0.25, -0.2) is 4.98 Å². The van der Waals surface area contributed by atoms with Gasteiger partial charge >= 0.3 is 0 Å². The van der Waals surface area contributed by atoms with Gasteiger partial charge in [-0.15, -0.1) is 11.3 Å². The zero-order valence-corrected chi connectivity index (χ0v) is 12.0. The second-order valence-electron chi connectivity index (χ2n) is 3.23. The highest BCUT2D eigenvalue weighted by molar-refractivity contribution is 9.10. The van der Waals surface area contributed by atoms with E-state index in [1.54, 1.807) is 6.07 Å². The number of ketones is 1. The van der Waals surface area contributed by atoms with Crippen molar-refractivity contribution in [3.05, 3.63) is 32.7 Å². The van der Waals surface area contributed by atoms with E-state index in [1.165, 1.54) is 31.8 Å². The van der Waals surface area contributed by atoms with Crippen LogP contribution in [-0.2, 0) is 0 Å². The van der Waals surface area contributed by atoms with E-state index in [2.05, 4.69) is 25.9 Å². The van der Waals surface area contributed by atoms with Gasteiger partial charge in [0.05, 0.1) is 25.3 Å². The van der Waals surface area contributed by atoms with Crippen LogP contribution in [0.1, 0.15) is 15.4 Å². The highest BCUT2D eigenvalue weighted by Crippen LogP contribution is 2.25. The van der Waals surface area contributed by atoms with Crippen LogP contribution in [0.15, 0.2) is 22.1 Å². The van der Waals surface area contributed by atoms with Crippen molar-refractivity contribution >= 4 is 33.0 Å². The Hall–Kier alpha value is -1.47. The van der Waals surface area contributed by atoms with Crippen LogP contribution >= 0.6 is 27.3 Å². The summed E-state index contributed by atoms with van der Waals surface area (Å²) in [4.78, 5) is 20.8. The molecule has 0 saturated heterocycles. The maximum Gasteiger partial charge on any atom is 0.247 e. The van der Waals surface area contributed by atoms with E-state index in [4.69, 9.17) is 9.47 Å². The van der Waals surface area contributed by atoms with E-state index in [0.29, 0.717) is 10.8 Å². The Morgan fingerprint density at radius 3 is 2.72 bits per heavy atom. The lowest BCUT2D eigenvalue weighted by atomic mass is 10.2. The molecule has 94 valence electrons. The lowest BCUT2D eigenvalue weighted by Gasteiger charge is -2.06. The van der Waals surface area contributed by atoms with Crippen LogP contribution in [0, 0.1) is 0 Å². The molecular weight excluding hydrogens is 320 g/mol. The SMILES string of the molecule is COc1cnc(C(=O)c2cc(Br)cs2)c(OC)n1. The maximum atomic E-state index is 12.2. The summed E-state index contributed by atoms with van der Waals surface area (Å²) in [6, 6.07) is 1.73. The average molecular weight is 329 g/mol. The number of hydrogen-bond donors (Lipinski definition) is 0. The molecular formula is C11H9BrN2O3S. The Labute approximate surface area is 116 Å². The standard InChI is InChI=1S/C11H9BrN2O3S/c1-16-8-4-13-9(11(14-8)17-2)10(15)7-3-6(12)5-18-7/h3-5H,1-2H3. The van der Waals surface area contributed by atoms with Gasteiger partial charge in [-0.05, 0) is 22.0 Å². The predicted octanol–water partition coefficient (Wildman–Crippen LogP) is 2.55. The Bertz CT molecular complexity index is 585. The fourth-order valence-electron chi connectivity index (χ4n) is 1.30. The van der Waals surface area contributed by atoms with Gasteiger partial charge in [0.2, 0.25) is 17.5 Å². The molecule has 0 spiro atoms. The summed E-state index contributed by atoms with van der Waals surface area (Å²) >= 11 is 4.63. The zero-order valence-electron chi connectivity index (χ0n) is 9.64. The molecule has 2 aromatic rings. The Morgan fingerprint density at radius 2 is 2.17 bits per heavy atom. The van der Waals surface area contributed by atoms with E-state index >= 15 is 0 Å². The van der Waals surface area contributed by atoms with Crippen molar-refractivity contribution in [3.63, 3.8) is 0 Å². The molecule has 0 saturated carbocycles. The summed E-state index contributed by atoms with van der Waals surface area (Å²) in [5, 5.41) is 1.83. The molecule has 0 aliphatic rings. The number of carbonyl (C=O) groups is 1. The second-order valence-corrected chi connectivity index (χ2v) is 5.06. The number of hydrogen-bond acceptors (Lipinski definition) is 6. The van der Waals surface area contributed by atoms with Crippen molar-refractivity contribution in [1.82, 2.24) is 9.97 Å². The third kappa shape index (κ3) is 2.51. The van der Waals surface area contributed by atoms with Gasteiger partial charge in [0.15, 0.2) is 5.69 Å². The van der Waals surface area contributed by atoms with E-state index < -0.39 is 0 Å². The van der Waals surface area contributed by atoms with Crippen LogP contribution in [-0.4, -0.2) is 30.0 Å². The third-order valence-electron chi connectivity index (χ3n) is 2.13. The predicted molar refractivity (Wildman–Crippen MR) is 70.6 cm³/mol. The van der Waals surface area contributed by atoms with Crippen molar-refractivity contribution in [2.24, 2.45) is 0 Å². The molecule has 0 radical (unpaired) electrons. The first-order valence-corrected chi connectivity index (χ1v) is 6.56. The Balaban J connectivity index is 2.41. The zero-order chi connectivity index (χ0) is 13.1. The van der Waals surface area contributed by atoms with Gasteiger partial charge in [-0.1, -0.05) is 0 Å². The molecule has 0 N–H and O–H groups in total. The highest BCUT2D eigenvalue weighted by atomic mass is 79.9. The molecule has 18 heavy (non-hydrogen) atoms. The smallest absolute Gasteiger partial charge is 0.247 e. The van der Waals surface area contributed by atoms with E-state index in [0.717, 1.165) is 4.47 Å². The number of nitrogens with zero attached hydrogens (tertiary/aromatic N) is 2. The first kappa shape index (κ1) is 13.0. The monoisotopic (exact) mass is 328 g/mol. The Morgan fingerprint density at radius 1 is 1.39 bits per heavy atom. The maximum absolute atomic E-state index is 12.2. The van der Waals surface area contributed by atoms with Gasteiger partial charge in [0, 0.05) is 9.85 Å². The highest BCUT2D eigenvalue weighted by Gasteiger charge is 2.19. The number of rotatable bonds is 4. The molecule has 2 aromatic heterocycles. The van der Waals surface area contributed by atoms with Crippen LogP contribution < -0.4 is 9.47 Å². The summed E-state index contributed by atoms with van der Waals surface area (Å²) in [6.45, 7) is 0. The van der Waals surface area contributed by atoms with Gasteiger partial charge in [0.25, 0.3) is 0 Å². The van der Waals surface area contributed by atoms with Crippen LogP contribution in [0.3, 0.4) is 0 Å². The lowest BCUT2D eigenvalue weighted by molar-refractivity contribution is 0.103. The molecule has 0 aliphatic heterocycles. The summed E-state index contributed by atoms with van der Waals surface area (Å²) in [6.07, 6.45) is 1.39. The number of ether oxygens (including phenoxy) is 2. The molecule has 0 fully saturated rings. The molecule has 0 amide bonds. The quantitative estimate of drug-likeness (QED) is 0.807. The molecule has 0 unspecified atom stereocenters. The van der Waals surface area contributed by atoms with Crippen LogP contribution in [0.4, 0.5) is 0 Å². The largest absolute Gasteiger partial charge is 0.480 e. The first-order valence-electron chi connectivity index (χ1n) is 4.89. The minimum atomic E-state index is -0.224. The van der Waals surface area contributed by atoms with Crippen molar-refractivity contribution in [1.29, 1.82) is 0 Å². The number of methoxy groups -OCH3 is 2. The fourth-order valence-corrected chi connectivity index (χ4v) is 2.67. The number of carbonyl (C=O) groups excluding carboxylic acids is 1. The number of thiophene rings is 1. The van der Waals surface area contributed by atoms with Gasteiger partial charge in [-0.3, -0.25) is 4.79 Å². The fraction of sp³-hybridized carbons (Fsp3) is 0.182. The molecule has 0 aromatic carbocycles. The van der Waals surface area contributed by atoms with E-state index in [9.17, 15) is 4.79 Å². The summed E-state index contributed by atoms with van der Waals surface area (Å²) in [5.41, 5.74) is 0.174. The lowest BCUT2D eigenvalue weighted by Crippen LogP contribution is -2.07. The summed E-state index contributed by atoms with van der Waals surface area (Å²) in [5.74, 6) is 0.234. The van der Waals surface area contributed by atoms with Crippen LogP contribution in [0.25, 0.3) is 0 Å². The summed E-state index contributed by atoms with van der Waals surface area (Å²) in [7, 11) is 2.91. The van der Waals surface area contributed by atoms with E-state index in [-0.39, 0.29) is 17.4 Å². The number of aromatic nitrogens is 2. The van der Waals surface area contributed by atoms with Gasteiger partial charge < -0.3 is 9.47 Å². The van der Waals surface area contributed by atoms with Crippen LogP contribution in [0.5, 0.6) is 11.8 Å². The van der Waals surface area contributed by atoms with Crippen LogP contribution in [0.2, 0.25) is 0 Å². The van der Waals surface area contributed by atoms with Crippen molar-refractivity contribution in [2.75, 3.05) is 14.2 Å². The summed E-state index contributed by atoms with van der Waals surface area (Å²) < 4.78 is 10.8.